The van der Waals surface area contributed by atoms with Crippen LogP contribution in [0.5, 0.6) is 0 Å². The van der Waals surface area contributed by atoms with E-state index in [1.807, 2.05) is 12.4 Å². The van der Waals surface area contributed by atoms with Gasteiger partial charge in [-0.3, -0.25) is 4.98 Å². The van der Waals surface area contributed by atoms with Gasteiger partial charge in [-0.15, -0.1) is 0 Å². The Balaban J connectivity index is 2.13. The summed E-state index contributed by atoms with van der Waals surface area (Å²) in [5.74, 6) is 0.792. The van der Waals surface area contributed by atoms with Gasteiger partial charge in [0.1, 0.15) is 0 Å². The number of aromatic nitrogens is 1. The minimum atomic E-state index is 0.574. The van der Waals surface area contributed by atoms with Gasteiger partial charge in [0, 0.05) is 25.8 Å². The lowest BCUT2D eigenvalue weighted by atomic mass is 10.00. The van der Waals surface area contributed by atoms with Gasteiger partial charge < -0.3 is 10.6 Å². The largest absolute Gasteiger partial charge is 0.370 e. The average molecular weight is 205 g/mol. The van der Waals surface area contributed by atoms with Crippen LogP contribution in [0.25, 0.3) is 0 Å². The van der Waals surface area contributed by atoms with Crippen LogP contribution in [0.3, 0.4) is 0 Å². The normalized spacial score (nSPS) is 21.7. The molecule has 0 spiro atoms. The Kier molecular flexibility index (Phi) is 3.21. The van der Waals surface area contributed by atoms with Gasteiger partial charge in [0.2, 0.25) is 0 Å². The Hall–Kier alpha value is -1.09. The lowest BCUT2D eigenvalue weighted by Gasteiger charge is -2.32. The smallest absolute Gasteiger partial charge is 0.0556 e. The summed E-state index contributed by atoms with van der Waals surface area (Å²) < 4.78 is 0. The van der Waals surface area contributed by atoms with Crippen molar-refractivity contribution in [1.29, 1.82) is 0 Å². The van der Waals surface area contributed by atoms with Crippen molar-refractivity contribution in [3.8, 4) is 0 Å². The molecular weight excluding hydrogens is 186 g/mol. The van der Waals surface area contributed by atoms with Crippen molar-refractivity contribution < 1.29 is 0 Å². The Morgan fingerprint density at radius 2 is 2.40 bits per heavy atom. The van der Waals surface area contributed by atoms with E-state index in [9.17, 15) is 0 Å². The Morgan fingerprint density at radius 1 is 1.53 bits per heavy atom. The second-order valence-corrected chi connectivity index (χ2v) is 4.45. The van der Waals surface area contributed by atoms with Gasteiger partial charge in [-0.1, -0.05) is 6.92 Å². The quantitative estimate of drug-likeness (QED) is 0.800. The van der Waals surface area contributed by atoms with Crippen molar-refractivity contribution in [3.05, 3.63) is 24.0 Å². The minimum absolute atomic E-state index is 0.574. The maximum atomic E-state index is 5.62. The molecule has 3 heteroatoms. The first kappa shape index (κ1) is 10.4. The van der Waals surface area contributed by atoms with E-state index in [1.54, 1.807) is 0 Å². The standard InChI is InChI=1S/C12H19N3/c1-10-3-2-4-15(9-10)12-5-11(6-13)7-14-8-12/h5,7-8,10H,2-4,6,9,13H2,1H3. The summed E-state index contributed by atoms with van der Waals surface area (Å²) in [6.45, 7) is 5.19. The summed E-state index contributed by atoms with van der Waals surface area (Å²) in [6, 6.07) is 2.16. The molecule has 15 heavy (non-hydrogen) atoms. The van der Waals surface area contributed by atoms with Crippen LogP contribution in [0.2, 0.25) is 0 Å². The predicted octanol–water partition coefficient (Wildman–Crippen LogP) is 1.78. The van der Waals surface area contributed by atoms with Crippen molar-refractivity contribution >= 4 is 5.69 Å². The van der Waals surface area contributed by atoms with E-state index < -0.39 is 0 Å². The zero-order valence-electron chi connectivity index (χ0n) is 9.32. The highest BCUT2D eigenvalue weighted by molar-refractivity contribution is 5.46. The van der Waals surface area contributed by atoms with Gasteiger partial charge >= 0.3 is 0 Å². The van der Waals surface area contributed by atoms with Gasteiger partial charge in [-0.25, -0.2) is 0 Å². The molecule has 0 aromatic carbocycles. The fourth-order valence-electron chi connectivity index (χ4n) is 2.18. The Morgan fingerprint density at radius 3 is 3.13 bits per heavy atom. The summed E-state index contributed by atoms with van der Waals surface area (Å²) in [5.41, 5.74) is 7.96. The molecule has 1 unspecified atom stereocenters. The van der Waals surface area contributed by atoms with Gasteiger partial charge in [0.25, 0.3) is 0 Å². The van der Waals surface area contributed by atoms with Crippen molar-refractivity contribution in [1.82, 2.24) is 4.98 Å². The van der Waals surface area contributed by atoms with Gasteiger partial charge in [-0.2, -0.15) is 0 Å². The Bertz CT molecular complexity index is 324. The topological polar surface area (TPSA) is 42.2 Å². The molecular formula is C12H19N3. The highest BCUT2D eigenvalue weighted by atomic mass is 15.1. The van der Waals surface area contributed by atoms with Crippen LogP contribution in [0.15, 0.2) is 18.5 Å². The number of hydrogen-bond donors (Lipinski definition) is 1. The van der Waals surface area contributed by atoms with Crippen LogP contribution in [-0.2, 0) is 6.54 Å². The number of nitrogens with zero attached hydrogens (tertiary/aromatic N) is 2. The first-order valence-electron chi connectivity index (χ1n) is 5.68. The van der Waals surface area contributed by atoms with E-state index >= 15 is 0 Å². The van der Waals surface area contributed by atoms with Gasteiger partial charge in [0.05, 0.1) is 11.9 Å². The molecule has 0 amide bonds. The van der Waals surface area contributed by atoms with E-state index in [0.717, 1.165) is 24.6 Å². The third-order valence-corrected chi connectivity index (χ3v) is 3.04. The second kappa shape index (κ2) is 4.62. The lowest BCUT2D eigenvalue weighted by molar-refractivity contribution is 0.446. The third-order valence-electron chi connectivity index (χ3n) is 3.04. The maximum Gasteiger partial charge on any atom is 0.0556 e. The van der Waals surface area contributed by atoms with Crippen LogP contribution in [-0.4, -0.2) is 18.1 Å². The first-order valence-corrected chi connectivity index (χ1v) is 5.68. The van der Waals surface area contributed by atoms with E-state index in [-0.39, 0.29) is 0 Å². The molecule has 0 aliphatic carbocycles. The second-order valence-electron chi connectivity index (χ2n) is 4.45. The minimum Gasteiger partial charge on any atom is -0.370 e. The predicted molar refractivity (Wildman–Crippen MR) is 62.7 cm³/mol. The molecule has 0 saturated carbocycles. The first-order chi connectivity index (χ1) is 7.29. The number of anilines is 1. The lowest BCUT2D eigenvalue weighted by Crippen LogP contribution is -2.34. The average Bonchev–Trinajstić information content (AvgIpc) is 2.29. The monoisotopic (exact) mass is 205 g/mol. The van der Waals surface area contributed by atoms with E-state index in [0.29, 0.717) is 6.54 Å². The van der Waals surface area contributed by atoms with Crippen LogP contribution >= 0.6 is 0 Å². The van der Waals surface area contributed by atoms with Gasteiger partial charge in [0.15, 0.2) is 0 Å². The van der Waals surface area contributed by atoms with Crippen molar-refractivity contribution in [2.24, 2.45) is 11.7 Å². The molecule has 1 fully saturated rings. The summed E-state index contributed by atoms with van der Waals surface area (Å²) >= 11 is 0. The molecule has 0 bridgehead atoms. The summed E-state index contributed by atoms with van der Waals surface area (Å²) in [5, 5.41) is 0. The van der Waals surface area contributed by atoms with Crippen molar-refractivity contribution in [2.45, 2.75) is 26.3 Å². The molecule has 2 N–H and O–H groups in total. The maximum absolute atomic E-state index is 5.62. The highest BCUT2D eigenvalue weighted by Crippen LogP contribution is 2.22. The molecule has 82 valence electrons. The highest BCUT2D eigenvalue weighted by Gasteiger charge is 2.16. The number of piperidine rings is 1. The molecule has 1 aliphatic heterocycles. The molecule has 2 heterocycles. The molecule has 1 saturated heterocycles. The van der Waals surface area contributed by atoms with Crippen molar-refractivity contribution in [3.63, 3.8) is 0 Å². The van der Waals surface area contributed by atoms with E-state index in [1.165, 1.54) is 18.5 Å². The molecule has 2 rings (SSSR count). The summed E-state index contributed by atoms with van der Waals surface area (Å²) in [6.07, 6.45) is 6.42. The van der Waals surface area contributed by atoms with Crippen LogP contribution < -0.4 is 10.6 Å². The van der Waals surface area contributed by atoms with E-state index in [2.05, 4.69) is 22.9 Å². The molecule has 1 atom stereocenters. The molecule has 1 aromatic heterocycles. The third kappa shape index (κ3) is 2.48. The zero-order valence-corrected chi connectivity index (χ0v) is 9.32. The molecule has 1 aliphatic rings. The molecule has 0 radical (unpaired) electrons. The number of nitrogens with two attached hydrogens (primary N) is 1. The number of pyridine rings is 1. The zero-order chi connectivity index (χ0) is 10.7. The van der Waals surface area contributed by atoms with Crippen molar-refractivity contribution in [2.75, 3.05) is 18.0 Å². The number of hydrogen-bond acceptors (Lipinski definition) is 3. The molecule has 3 nitrogen and oxygen atoms in total. The van der Waals surface area contributed by atoms with E-state index in [4.69, 9.17) is 5.73 Å². The van der Waals surface area contributed by atoms with Crippen LogP contribution in [0, 0.1) is 5.92 Å². The Labute approximate surface area is 91.3 Å². The fourth-order valence-corrected chi connectivity index (χ4v) is 2.18. The fraction of sp³-hybridized carbons (Fsp3) is 0.583. The van der Waals surface area contributed by atoms with Crippen LogP contribution in [0.1, 0.15) is 25.3 Å². The SMILES string of the molecule is CC1CCCN(c2cncc(CN)c2)C1. The summed E-state index contributed by atoms with van der Waals surface area (Å²) in [4.78, 5) is 6.65. The summed E-state index contributed by atoms with van der Waals surface area (Å²) in [7, 11) is 0. The molecule has 1 aromatic rings. The van der Waals surface area contributed by atoms with Gasteiger partial charge in [-0.05, 0) is 30.4 Å². The van der Waals surface area contributed by atoms with Crippen LogP contribution in [0.4, 0.5) is 5.69 Å². The number of rotatable bonds is 2.